The lowest BCUT2D eigenvalue weighted by atomic mass is 10.1. The molecule has 0 unspecified atom stereocenters. The molecule has 1 aliphatic rings. The molecule has 0 spiro atoms. The van der Waals surface area contributed by atoms with Crippen LogP contribution in [-0.2, 0) is 6.54 Å². The lowest BCUT2D eigenvalue weighted by molar-refractivity contribution is 0.217. The summed E-state index contributed by atoms with van der Waals surface area (Å²) in [5, 5.41) is 0. The molecule has 0 atom stereocenters. The molecule has 2 rings (SSSR count). The lowest BCUT2D eigenvalue weighted by Crippen LogP contribution is -2.29. The topological polar surface area (TPSA) is 30.9 Å². The first kappa shape index (κ1) is 16.9. The molecule has 0 aromatic heterocycles. The molecule has 20 heavy (non-hydrogen) atoms. The highest BCUT2D eigenvalue weighted by molar-refractivity contribution is 5.85. The van der Waals surface area contributed by atoms with E-state index in [1.165, 1.54) is 19.3 Å². The summed E-state index contributed by atoms with van der Waals surface area (Å²) in [4.78, 5) is 2.47. The molecule has 1 aromatic carbocycles. The van der Waals surface area contributed by atoms with E-state index in [0.29, 0.717) is 5.75 Å². The van der Waals surface area contributed by atoms with Crippen LogP contribution in [0.5, 0.6) is 17.2 Å². The number of hydrogen-bond acceptors (Lipinski definition) is 4. The van der Waals surface area contributed by atoms with Crippen molar-refractivity contribution in [2.75, 3.05) is 34.4 Å². The molecule has 1 saturated heterocycles. The van der Waals surface area contributed by atoms with E-state index < -0.39 is 0 Å². The van der Waals surface area contributed by atoms with Gasteiger partial charge in [-0.3, -0.25) is 4.90 Å². The van der Waals surface area contributed by atoms with Crippen molar-refractivity contribution in [2.24, 2.45) is 0 Å². The quantitative estimate of drug-likeness (QED) is 0.836. The Balaban J connectivity index is 0.00000200. The Bertz CT molecular complexity index is 420. The number of likely N-dealkylation sites (tertiary alicyclic amines) is 1. The molecule has 0 radical (unpaired) electrons. The highest BCUT2D eigenvalue weighted by Crippen LogP contribution is 2.35. The number of halogens is 1. The van der Waals surface area contributed by atoms with Crippen LogP contribution in [0, 0.1) is 0 Å². The highest BCUT2D eigenvalue weighted by atomic mass is 35.5. The number of rotatable bonds is 5. The average Bonchev–Trinajstić information content (AvgIpc) is 2.47. The first-order valence-corrected chi connectivity index (χ1v) is 6.79. The molecule has 0 amide bonds. The van der Waals surface area contributed by atoms with Crippen molar-refractivity contribution in [3.63, 3.8) is 0 Å². The number of benzene rings is 1. The lowest BCUT2D eigenvalue weighted by Gasteiger charge is -2.27. The third-order valence-electron chi connectivity index (χ3n) is 3.63. The molecule has 0 aliphatic carbocycles. The van der Waals surface area contributed by atoms with Crippen LogP contribution in [0.2, 0.25) is 0 Å². The van der Waals surface area contributed by atoms with Crippen molar-refractivity contribution in [3.8, 4) is 17.2 Å². The minimum absolute atomic E-state index is 0. The van der Waals surface area contributed by atoms with E-state index >= 15 is 0 Å². The van der Waals surface area contributed by atoms with Gasteiger partial charge in [-0.1, -0.05) is 6.42 Å². The van der Waals surface area contributed by atoms with Gasteiger partial charge in [0, 0.05) is 18.2 Å². The Morgan fingerprint density at radius 1 is 0.850 bits per heavy atom. The molecule has 1 aliphatic heterocycles. The Kier molecular flexibility index (Phi) is 6.96. The van der Waals surface area contributed by atoms with Gasteiger partial charge in [-0.2, -0.15) is 0 Å². The van der Waals surface area contributed by atoms with Crippen LogP contribution in [0.1, 0.15) is 24.8 Å². The first-order valence-electron chi connectivity index (χ1n) is 6.79. The van der Waals surface area contributed by atoms with E-state index in [1.54, 1.807) is 21.3 Å². The fourth-order valence-electron chi connectivity index (χ4n) is 2.57. The second-order valence-corrected chi connectivity index (χ2v) is 4.86. The van der Waals surface area contributed by atoms with Gasteiger partial charge in [0.25, 0.3) is 0 Å². The largest absolute Gasteiger partial charge is 0.496 e. The van der Waals surface area contributed by atoms with Gasteiger partial charge in [0.2, 0.25) is 0 Å². The average molecular weight is 302 g/mol. The summed E-state index contributed by atoms with van der Waals surface area (Å²) in [7, 11) is 5.00. The van der Waals surface area contributed by atoms with Crippen molar-refractivity contribution < 1.29 is 14.2 Å². The van der Waals surface area contributed by atoms with Gasteiger partial charge in [-0.25, -0.2) is 0 Å². The van der Waals surface area contributed by atoms with Crippen molar-refractivity contribution in [1.29, 1.82) is 0 Å². The normalized spacial score (nSPS) is 15.3. The summed E-state index contributed by atoms with van der Waals surface area (Å²) in [5.41, 5.74) is 1.15. The number of ether oxygens (including phenoxy) is 3. The Labute approximate surface area is 127 Å². The van der Waals surface area contributed by atoms with Crippen molar-refractivity contribution >= 4 is 12.4 Å². The Morgan fingerprint density at radius 2 is 1.40 bits per heavy atom. The van der Waals surface area contributed by atoms with Gasteiger partial charge in [-0.15, -0.1) is 12.4 Å². The van der Waals surface area contributed by atoms with Crippen molar-refractivity contribution in [2.45, 2.75) is 25.8 Å². The molecule has 0 bridgehead atoms. The van der Waals surface area contributed by atoms with Crippen LogP contribution >= 0.6 is 12.4 Å². The molecule has 5 heteroatoms. The molecule has 1 aromatic rings. The van der Waals surface area contributed by atoms with Gasteiger partial charge in [0.05, 0.1) is 21.3 Å². The number of piperidine rings is 1. The minimum atomic E-state index is 0. The molecule has 0 saturated carbocycles. The summed E-state index contributed by atoms with van der Waals surface area (Å²) >= 11 is 0. The summed E-state index contributed by atoms with van der Waals surface area (Å²) in [6, 6.07) is 3.92. The van der Waals surface area contributed by atoms with Gasteiger partial charge >= 0.3 is 0 Å². The van der Waals surface area contributed by atoms with Crippen molar-refractivity contribution in [1.82, 2.24) is 4.90 Å². The summed E-state index contributed by atoms with van der Waals surface area (Å²) in [5.74, 6) is 2.33. The maximum absolute atomic E-state index is 5.47. The second-order valence-electron chi connectivity index (χ2n) is 4.86. The standard InChI is InChI=1S/C15H23NO3.ClH/c1-17-13-10-15(19-3)14(18-2)9-12(13)11-16-7-5-4-6-8-16;/h9-10H,4-8,11H2,1-3H3;1H. The zero-order chi connectivity index (χ0) is 13.7. The minimum Gasteiger partial charge on any atom is -0.496 e. The highest BCUT2D eigenvalue weighted by Gasteiger charge is 2.16. The van der Waals surface area contributed by atoms with Gasteiger partial charge in [0.15, 0.2) is 11.5 Å². The first-order chi connectivity index (χ1) is 9.28. The number of methoxy groups -OCH3 is 3. The molecule has 4 nitrogen and oxygen atoms in total. The predicted octanol–water partition coefficient (Wildman–Crippen LogP) is 3.12. The van der Waals surface area contributed by atoms with E-state index in [0.717, 1.165) is 36.7 Å². The molecule has 0 N–H and O–H groups in total. The fraction of sp³-hybridized carbons (Fsp3) is 0.600. The van der Waals surface area contributed by atoms with Crippen LogP contribution in [0.4, 0.5) is 0 Å². The van der Waals surface area contributed by atoms with Gasteiger partial charge < -0.3 is 14.2 Å². The smallest absolute Gasteiger partial charge is 0.164 e. The molecule has 1 fully saturated rings. The predicted molar refractivity (Wildman–Crippen MR) is 82.5 cm³/mol. The molecular formula is C15H24ClNO3. The third-order valence-corrected chi connectivity index (χ3v) is 3.63. The van der Waals surface area contributed by atoms with Crippen LogP contribution < -0.4 is 14.2 Å². The maximum Gasteiger partial charge on any atom is 0.164 e. The summed E-state index contributed by atoms with van der Waals surface area (Å²) in [6.45, 7) is 3.23. The van der Waals surface area contributed by atoms with Crippen molar-refractivity contribution in [3.05, 3.63) is 17.7 Å². The Morgan fingerprint density at radius 3 is 1.95 bits per heavy atom. The SMILES string of the molecule is COc1cc(OC)c(OC)cc1CN1CCCCC1.Cl. The van der Waals surface area contributed by atoms with E-state index in [2.05, 4.69) is 4.90 Å². The maximum atomic E-state index is 5.47. The molecule has 114 valence electrons. The monoisotopic (exact) mass is 301 g/mol. The molecular weight excluding hydrogens is 278 g/mol. The van der Waals surface area contributed by atoms with E-state index in [9.17, 15) is 0 Å². The third kappa shape index (κ3) is 3.93. The van der Waals surface area contributed by atoms with Gasteiger partial charge in [0.1, 0.15) is 5.75 Å². The van der Waals surface area contributed by atoms with Crippen LogP contribution in [-0.4, -0.2) is 39.3 Å². The summed E-state index contributed by atoms with van der Waals surface area (Å²) < 4.78 is 16.1. The van der Waals surface area contributed by atoms with Gasteiger partial charge in [-0.05, 0) is 32.0 Å². The van der Waals surface area contributed by atoms with E-state index in [-0.39, 0.29) is 12.4 Å². The number of nitrogens with zero attached hydrogens (tertiary/aromatic N) is 1. The summed E-state index contributed by atoms with van der Waals surface area (Å²) in [6.07, 6.45) is 3.92. The number of hydrogen-bond donors (Lipinski definition) is 0. The van der Waals surface area contributed by atoms with E-state index in [1.807, 2.05) is 12.1 Å². The second kappa shape index (κ2) is 8.22. The van der Waals surface area contributed by atoms with Crippen LogP contribution in [0.3, 0.4) is 0 Å². The molecule has 1 heterocycles. The Hall–Kier alpha value is -1.13. The van der Waals surface area contributed by atoms with Crippen LogP contribution in [0.25, 0.3) is 0 Å². The fourth-order valence-corrected chi connectivity index (χ4v) is 2.57. The van der Waals surface area contributed by atoms with E-state index in [4.69, 9.17) is 14.2 Å². The van der Waals surface area contributed by atoms with Crippen LogP contribution in [0.15, 0.2) is 12.1 Å². The zero-order valence-corrected chi connectivity index (χ0v) is 13.3. The zero-order valence-electron chi connectivity index (χ0n) is 12.5.